The first kappa shape index (κ1) is 15.6. The van der Waals surface area contributed by atoms with E-state index in [4.69, 9.17) is 0 Å². The van der Waals surface area contributed by atoms with Crippen LogP contribution in [0.25, 0.3) is 16.9 Å². The molecule has 0 aliphatic heterocycles. The number of hydrogen-bond acceptors (Lipinski definition) is 3. The number of nitrogens with zero attached hydrogens (tertiary/aromatic N) is 5. The van der Waals surface area contributed by atoms with Crippen molar-refractivity contribution in [3.05, 3.63) is 32.2 Å². The summed E-state index contributed by atoms with van der Waals surface area (Å²) in [6, 6.07) is 0. The highest BCUT2D eigenvalue weighted by Crippen LogP contribution is 2.19. The van der Waals surface area contributed by atoms with E-state index in [1.807, 2.05) is 29.9 Å². The Balaban J connectivity index is 2.40. The molecule has 7 nitrogen and oxygen atoms in total. The van der Waals surface area contributed by atoms with Crippen molar-refractivity contribution in [1.29, 1.82) is 0 Å². The van der Waals surface area contributed by atoms with Gasteiger partial charge in [-0.1, -0.05) is 19.8 Å². The largest absolute Gasteiger partial charge is 0.332 e. The van der Waals surface area contributed by atoms with Crippen LogP contribution in [0.5, 0.6) is 0 Å². The third-order valence-electron chi connectivity index (χ3n) is 4.77. The zero-order valence-corrected chi connectivity index (χ0v) is 14.4. The zero-order chi connectivity index (χ0) is 16.9. The average Bonchev–Trinajstić information content (AvgIpc) is 3.02. The summed E-state index contributed by atoms with van der Waals surface area (Å²) in [5.41, 5.74) is 2.41. The Hall–Kier alpha value is -2.31. The molecular formula is C16H23N5O2. The van der Waals surface area contributed by atoms with Gasteiger partial charge in [0.2, 0.25) is 5.78 Å². The monoisotopic (exact) mass is 317 g/mol. The minimum absolute atomic E-state index is 0.250. The van der Waals surface area contributed by atoms with E-state index in [9.17, 15) is 9.59 Å². The van der Waals surface area contributed by atoms with Gasteiger partial charge in [-0.25, -0.2) is 4.79 Å². The van der Waals surface area contributed by atoms with E-state index in [1.54, 1.807) is 7.05 Å². The van der Waals surface area contributed by atoms with Crippen molar-refractivity contribution in [2.45, 2.75) is 46.6 Å². The van der Waals surface area contributed by atoms with Crippen LogP contribution < -0.4 is 11.2 Å². The van der Waals surface area contributed by atoms with Crippen LogP contribution in [0, 0.1) is 13.8 Å². The predicted molar refractivity (Wildman–Crippen MR) is 90.2 cm³/mol. The number of rotatable bonds is 4. The van der Waals surface area contributed by atoms with E-state index in [-0.39, 0.29) is 11.2 Å². The second-order valence-corrected chi connectivity index (χ2v) is 6.15. The summed E-state index contributed by atoms with van der Waals surface area (Å²) in [4.78, 5) is 30.0. The molecule has 0 saturated carbocycles. The molecule has 0 bridgehead atoms. The van der Waals surface area contributed by atoms with Crippen molar-refractivity contribution in [2.75, 3.05) is 0 Å². The number of imidazole rings is 2. The van der Waals surface area contributed by atoms with E-state index in [0.717, 1.165) is 30.7 Å². The van der Waals surface area contributed by atoms with Crippen molar-refractivity contribution in [1.82, 2.24) is 23.1 Å². The fourth-order valence-electron chi connectivity index (χ4n) is 3.12. The van der Waals surface area contributed by atoms with Crippen LogP contribution in [0.2, 0.25) is 0 Å². The summed E-state index contributed by atoms with van der Waals surface area (Å²) in [6.07, 6.45) is 2.87. The summed E-state index contributed by atoms with van der Waals surface area (Å²) < 4.78 is 6.63. The second kappa shape index (κ2) is 5.40. The molecule has 0 aromatic carbocycles. The number of hydrogen-bond donors (Lipinski definition) is 0. The number of aromatic nitrogens is 5. The molecule has 0 saturated heterocycles. The van der Waals surface area contributed by atoms with Gasteiger partial charge in [-0.15, -0.1) is 0 Å². The number of unbranched alkanes of at least 4 members (excludes halogenated alkanes) is 2. The SMILES string of the molecule is CCCCCn1c(=O)c2c(nc3n(C)c(C)c(C)n23)n(C)c1=O. The van der Waals surface area contributed by atoms with Crippen molar-refractivity contribution in [3.8, 4) is 0 Å². The van der Waals surface area contributed by atoms with Crippen LogP contribution in [0.3, 0.4) is 0 Å². The molecule has 0 aliphatic rings. The molecule has 3 aromatic heterocycles. The molecule has 0 spiro atoms. The Labute approximate surface area is 133 Å². The molecule has 3 rings (SSSR count). The summed E-state index contributed by atoms with van der Waals surface area (Å²) in [5, 5.41) is 0. The van der Waals surface area contributed by atoms with Gasteiger partial charge in [0.25, 0.3) is 5.56 Å². The number of aryl methyl sites for hydroxylation is 3. The van der Waals surface area contributed by atoms with Crippen LogP contribution in [0.4, 0.5) is 0 Å². The topological polar surface area (TPSA) is 66.2 Å². The van der Waals surface area contributed by atoms with Crippen molar-refractivity contribution >= 4 is 16.9 Å². The highest BCUT2D eigenvalue weighted by molar-refractivity contribution is 5.76. The van der Waals surface area contributed by atoms with Gasteiger partial charge in [0, 0.05) is 32.0 Å². The van der Waals surface area contributed by atoms with Crippen LogP contribution in [-0.4, -0.2) is 23.1 Å². The number of fused-ring (bicyclic) bond motifs is 3. The lowest BCUT2D eigenvalue weighted by Gasteiger charge is -2.08. The smallest absolute Gasteiger partial charge is 0.317 e. The van der Waals surface area contributed by atoms with Gasteiger partial charge in [0.05, 0.1) is 0 Å². The lowest BCUT2D eigenvalue weighted by molar-refractivity contribution is 0.550. The predicted octanol–water partition coefficient (Wildman–Crippen LogP) is 1.49. The standard InChI is InChI=1S/C16H23N5O2/c1-6-7-8-9-20-14(22)12-13(19(5)16(20)23)17-15-18(4)10(2)11(3)21(12)15/h6-9H2,1-5H3. The molecule has 0 N–H and O–H groups in total. The van der Waals surface area contributed by atoms with Crippen molar-refractivity contribution in [3.63, 3.8) is 0 Å². The van der Waals surface area contributed by atoms with Crippen LogP contribution >= 0.6 is 0 Å². The summed E-state index contributed by atoms with van der Waals surface area (Å²) >= 11 is 0. The third kappa shape index (κ3) is 2.06. The Morgan fingerprint density at radius 1 is 1.00 bits per heavy atom. The Morgan fingerprint density at radius 2 is 1.70 bits per heavy atom. The fraction of sp³-hybridized carbons (Fsp3) is 0.562. The molecule has 0 amide bonds. The van der Waals surface area contributed by atoms with Crippen molar-refractivity contribution < 1.29 is 0 Å². The normalized spacial score (nSPS) is 11.9. The minimum atomic E-state index is -0.295. The van der Waals surface area contributed by atoms with Crippen LogP contribution in [-0.2, 0) is 20.6 Å². The molecule has 3 heterocycles. The molecule has 0 fully saturated rings. The van der Waals surface area contributed by atoms with Gasteiger partial charge < -0.3 is 4.57 Å². The maximum Gasteiger partial charge on any atom is 0.332 e. The molecule has 124 valence electrons. The van der Waals surface area contributed by atoms with Gasteiger partial charge in [-0.05, 0) is 20.3 Å². The van der Waals surface area contributed by atoms with E-state index >= 15 is 0 Å². The lowest BCUT2D eigenvalue weighted by Crippen LogP contribution is -2.39. The van der Waals surface area contributed by atoms with Crippen molar-refractivity contribution in [2.24, 2.45) is 14.1 Å². The van der Waals surface area contributed by atoms with E-state index in [2.05, 4.69) is 11.9 Å². The fourth-order valence-corrected chi connectivity index (χ4v) is 3.12. The zero-order valence-electron chi connectivity index (χ0n) is 14.4. The molecule has 0 aliphatic carbocycles. The maximum absolute atomic E-state index is 12.9. The molecule has 0 atom stereocenters. The van der Waals surface area contributed by atoms with Crippen LogP contribution in [0.15, 0.2) is 9.59 Å². The quantitative estimate of drug-likeness (QED) is 0.685. The molecule has 7 heteroatoms. The first-order valence-electron chi connectivity index (χ1n) is 8.04. The van der Waals surface area contributed by atoms with Gasteiger partial charge in [0.1, 0.15) is 0 Å². The highest BCUT2D eigenvalue weighted by Gasteiger charge is 2.21. The highest BCUT2D eigenvalue weighted by atomic mass is 16.2. The molecule has 3 aromatic rings. The Kier molecular flexibility index (Phi) is 3.66. The molecule has 0 radical (unpaired) electrons. The summed E-state index contributed by atoms with van der Waals surface area (Å²) in [7, 11) is 3.59. The van der Waals surface area contributed by atoms with Crippen LogP contribution in [0.1, 0.15) is 37.6 Å². The lowest BCUT2D eigenvalue weighted by atomic mass is 10.2. The molecule has 0 unspecified atom stereocenters. The minimum Gasteiger partial charge on any atom is -0.317 e. The van der Waals surface area contributed by atoms with E-state index in [1.165, 1.54) is 9.13 Å². The summed E-state index contributed by atoms with van der Waals surface area (Å²) in [6.45, 7) is 6.51. The van der Waals surface area contributed by atoms with Gasteiger partial charge in [0.15, 0.2) is 11.2 Å². The first-order valence-corrected chi connectivity index (χ1v) is 8.04. The molecular weight excluding hydrogens is 294 g/mol. The Morgan fingerprint density at radius 3 is 2.35 bits per heavy atom. The summed E-state index contributed by atoms with van der Waals surface area (Å²) in [5.74, 6) is 0.688. The maximum atomic E-state index is 12.9. The van der Waals surface area contributed by atoms with Gasteiger partial charge >= 0.3 is 5.69 Å². The van der Waals surface area contributed by atoms with E-state index in [0.29, 0.717) is 23.5 Å². The van der Waals surface area contributed by atoms with E-state index < -0.39 is 0 Å². The average molecular weight is 317 g/mol. The van der Waals surface area contributed by atoms with Gasteiger partial charge in [-0.3, -0.25) is 18.3 Å². The molecule has 23 heavy (non-hydrogen) atoms. The second-order valence-electron chi connectivity index (χ2n) is 6.15. The first-order chi connectivity index (χ1) is 10.9. The third-order valence-corrected chi connectivity index (χ3v) is 4.77. The van der Waals surface area contributed by atoms with Gasteiger partial charge in [-0.2, -0.15) is 4.98 Å². The Bertz CT molecular complexity index is 1020.